The van der Waals surface area contributed by atoms with Crippen molar-refractivity contribution in [2.45, 2.75) is 91.6 Å². The average molecular weight is 493 g/mol. The Bertz CT molecular complexity index is 997. The number of fused-ring (bicyclic) bond motifs is 2. The van der Waals surface area contributed by atoms with Crippen LogP contribution in [0.3, 0.4) is 0 Å². The quantitative estimate of drug-likeness (QED) is 0.445. The number of hydrogen-bond acceptors (Lipinski definition) is 9. The summed E-state index contributed by atoms with van der Waals surface area (Å²) in [6.07, 6.45) is -2.41. The molecule has 0 aromatic rings. The first-order chi connectivity index (χ1) is 16.2. The van der Waals surface area contributed by atoms with Crippen molar-refractivity contribution < 1.29 is 43.6 Å². The third-order valence-electron chi connectivity index (χ3n) is 9.32. The SMILES string of the molecule is CC(=O)O[C@@H]1C2=C(C)C(=O)C[C@@H]([C@@H](OC(C)=O)[C@]34C[C@]3(CC[C@H](O)[C@H]4CO)[C@H]1OC(C)=O)C2(C)C. The molecule has 9 heteroatoms. The predicted molar refractivity (Wildman–Crippen MR) is 122 cm³/mol. The van der Waals surface area contributed by atoms with Gasteiger partial charge in [-0.05, 0) is 42.7 Å². The Hall–Kier alpha value is -2.26. The van der Waals surface area contributed by atoms with E-state index in [1.165, 1.54) is 20.8 Å². The molecule has 4 aliphatic carbocycles. The van der Waals surface area contributed by atoms with Crippen LogP contribution in [0.4, 0.5) is 0 Å². The lowest BCUT2D eigenvalue weighted by Gasteiger charge is -2.56. The number of Topliss-reactive ketones (excluding diaryl/α,β-unsaturated/α-hetero) is 1. The molecule has 9 nitrogen and oxygen atoms in total. The lowest BCUT2D eigenvalue weighted by Crippen LogP contribution is -2.62. The fourth-order valence-corrected chi connectivity index (χ4v) is 7.96. The largest absolute Gasteiger partial charge is 0.462 e. The molecule has 0 heterocycles. The van der Waals surface area contributed by atoms with Gasteiger partial charge in [-0.2, -0.15) is 0 Å². The number of rotatable bonds is 4. The normalized spacial score (nSPS) is 41.5. The van der Waals surface area contributed by atoms with Gasteiger partial charge in [-0.3, -0.25) is 19.2 Å². The fraction of sp³-hybridized carbons (Fsp3) is 0.769. The maximum atomic E-state index is 13.3. The lowest BCUT2D eigenvalue weighted by molar-refractivity contribution is -0.200. The van der Waals surface area contributed by atoms with Crippen LogP contribution >= 0.6 is 0 Å². The van der Waals surface area contributed by atoms with Crippen LogP contribution in [0.15, 0.2) is 11.1 Å². The van der Waals surface area contributed by atoms with Crippen molar-refractivity contribution in [2.24, 2.45) is 28.1 Å². The molecule has 0 amide bonds. The number of ketones is 1. The average Bonchev–Trinajstić information content (AvgIpc) is 3.42. The van der Waals surface area contributed by atoms with E-state index in [4.69, 9.17) is 14.2 Å². The number of ether oxygens (including phenoxy) is 3. The Morgan fingerprint density at radius 1 is 1.00 bits per heavy atom. The van der Waals surface area contributed by atoms with Gasteiger partial charge in [0.1, 0.15) is 12.2 Å². The minimum Gasteiger partial charge on any atom is -0.462 e. The highest BCUT2D eigenvalue weighted by atomic mass is 16.6. The third-order valence-corrected chi connectivity index (χ3v) is 9.32. The highest BCUT2D eigenvalue weighted by Crippen LogP contribution is 2.80. The van der Waals surface area contributed by atoms with Gasteiger partial charge in [0.05, 0.1) is 6.10 Å². The first-order valence-corrected chi connectivity index (χ1v) is 12.3. The molecule has 0 saturated heterocycles. The second kappa shape index (κ2) is 8.40. The Kier molecular flexibility index (Phi) is 6.20. The molecule has 0 aromatic carbocycles. The Labute approximate surface area is 205 Å². The number of hydrogen-bond donors (Lipinski definition) is 2. The zero-order chi connectivity index (χ0) is 26.1. The summed E-state index contributed by atoms with van der Waals surface area (Å²) in [6.45, 7) is 9.01. The van der Waals surface area contributed by atoms with E-state index in [1.54, 1.807) is 6.92 Å². The predicted octanol–water partition coefficient (Wildman–Crippen LogP) is 1.87. The summed E-state index contributed by atoms with van der Waals surface area (Å²) in [5.74, 6) is -3.01. The van der Waals surface area contributed by atoms with Crippen molar-refractivity contribution in [3.8, 4) is 0 Å². The van der Waals surface area contributed by atoms with Gasteiger partial charge in [0, 0.05) is 56.5 Å². The van der Waals surface area contributed by atoms with E-state index in [0.29, 0.717) is 30.4 Å². The lowest BCUT2D eigenvalue weighted by atomic mass is 9.52. The van der Waals surface area contributed by atoms with Crippen molar-refractivity contribution in [2.75, 3.05) is 6.61 Å². The molecule has 2 bridgehead atoms. The molecule has 0 aliphatic heterocycles. The van der Waals surface area contributed by atoms with Crippen LogP contribution in [-0.2, 0) is 33.4 Å². The Balaban J connectivity index is 2.06. The van der Waals surface area contributed by atoms with Crippen LogP contribution in [0.1, 0.15) is 67.2 Å². The number of aliphatic hydroxyl groups is 2. The molecule has 3 saturated carbocycles. The van der Waals surface area contributed by atoms with Crippen molar-refractivity contribution in [3.05, 3.63) is 11.1 Å². The highest BCUT2D eigenvalue weighted by Gasteiger charge is 2.84. The zero-order valence-electron chi connectivity index (χ0n) is 21.3. The zero-order valence-corrected chi connectivity index (χ0v) is 21.3. The van der Waals surface area contributed by atoms with Gasteiger partial charge in [0.2, 0.25) is 0 Å². The van der Waals surface area contributed by atoms with E-state index < -0.39 is 70.4 Å². The summed E-state index contributed by atoms with van der Waals surface area (Å²) in [5.41, 5.74) is -1.54. The first-order valence-electron chi connectivity index (χ1n) is 12.3. The van der Waals surface area contributed by atoms with Crippen LogP contribution in [0.2, 0.25) is 0 Å². The van der Waals surface area contributed by atoms with E-state index in [9.17, 15) is 29.4 Å². The third kappa shape index (κ3) is 3.56. The fourth-order valence-electron chi connectivity index (χ4n) is 7.96. The van der Waals surface area contributed by atoms with Gasteiger partial charge in [-0.1, -0.05) is 13.8 Å². The maximum absolute atomic E-state index is 13.3. The maximum Gasteiger partial charge on any atom is 0.303 e. The molecule has 0 aromatic heterocycles. The summed E-state index contributed by atoms with van der Waals surface area (Å²) >= 11 is 0. The summed E-state index contributed by atoms with van der Waals surface area (Å²) in [5, 5.41) is 21.4. The van der Waals surface area contributed by atoms with Crippen LogP contribution in [0.25, 0.3) is 0 Å². The number of aliphatic hydroxyl groups excluding tert-OH is 2. The van der Waals surface area contributed by atoms with Gasteiger partial charge in [-0.15, -0.1) is 0 Å². The molecule has 4 aliphatic rings. The molecule has 3 fully saturated rings. The van der Waals surface area contributed by atoms with Crippen molar-refractivity contribution in [3.63, 3.8) is 0 Å². The van der Waals surface area contributed by atoms with Crippen LogP contribution in [0, 0.1) is 28.1 Å². The van der Waals surface area contributed by atoms with Gasteiger partial charge >= 0.3 is 17.9 Å². The molecule has 2 N–H and O–H groups in total. The summed E-state index contributed by atoms with van der Waals surface area (Å²) in [7, 11) is 0. The molecule has 194 valence electrons. The molecule has 0 spiro atoms. The van der Waals surface area contributed by atoms with Crippen molar-refractivity contribution >= 4 is 23.7 Å². The molecule has 4 rings (SSSR count). The molecular formula is C26H36O9. The van der Waals surface area contributed by atoms with E-state index in [0.717, 1.165) is 0 Å². The van der Waals surface area contributed by atoms with Crippen LogP contribution < -0.4 is 0 Å². The van der Waals surface area contributed by atoms with E-state index >= 15 is 0 Å². The van der Waals surface area contributed by atoms with Gasteiger partial charge in [0.15, 0.2) is 11.9 Å². The summed E-state index contributed by atoms with van der Waals surface area (Å²) in [6, 6.07) is 0. The van der Waals surface area contributed by atoms with E-state index in [-0.39, 0.29) is 18.8 Å². The highest BCUT2D eigenvalue weighted by molar-refractivity contribution is 5.97. The minimum atomic E-state index is -1.02. The molecule has 35 heavy (non-hydrogen) atoms. The van der Waals surface area contributed by atoms with Crippen LogP contribution in [0.5, 0.6) is 0 Å². The van der Waals surface area contributed by atoms with E-state index in [2.05, 4.69) is 0 Å². The van der Waals surface area contributed by atoms with Gasteiger partial charge in [-0.25, -0.2) is 0 Å². The molecular weight excluding hydrogens is 456 g/mol. The number of allylic oxidation sites excluding steroid dienone is 1. The second-order valence-corrected chi connectivity index (χ2v) is 11.4. The van der Waals surface area contributed by atoms with Crippen molar-refractivity contribution in [1.82, 2.24) is 0 Å². The summed E-state index contributed by atoms with van der Waals surface area (Å²) < 4.78 is 17.8. The number of esters is 3. The monoisotopic (exact) mass is 492 g/mol. The Morgan fingerprint density at radius 2 is 1.57 bits per heavy atom. The molecule has 0 radical (unpaired) electrons. The number of carbonyl (C=O) groups excluding carboxylic acids is 4. The molecule has 8 atom stereocenters. The standard InChI is InChI=1S/C26H36O9/c1-12-19(32)9-16-22(34-14(3)29)26-11-25(26,8-7-18(31)17(26)10-27)23(35-15(4)30)21(33-13(2)28)20(12)24(16,5)6/h16-18,21-23,27,31H,7-11H2,1-6H3/t16-,17+,18-,21+,22+,23-,25+,26+/m0/s1. The smallest absolute Gasteiger partial charge is 0.303 e. The van der Waals surface area contributed by atoms with Gasteiger partial charge in [0.25, 0.3) is 0 Å². The number of carbonyl (C=O) groups is 4. The topological polar surface area (TPSA) is 136 Å². The van der Waals surface area contributed by atoms with Crippen LogP contribution in [-0.4, -0.2) is 64.9 Å². The first kappa shape index (κ1) is 25.8. The Morgan fingerprint density at radius 3 is 2.11 bits per heavy atom. The van der Waals surface area contributed by atoms with Gasteiger partial charge < -0.3 is 24.4 Å². The van der Waals surface area contributed by atoms with E-state index in [1.807, 2.05) is 13.8 Å². The summed E-state index contributed by atoms with van der Waals surface area (Å²) in [4.78, 5) is 50.4. The van der Waals surface area contributed by atoms with Crippen molar-refractivity contribution in [1.29, 1.82) is 0 Å². The second-order valence-electron chi connectivity index (χ2n) is 11.4. The minimum absolute atomic E-state index is 0.109. The molecule has 0 unspecified atom stereocenters.